The summed E-state index contributed by atoms with van der Waals surface area (Å²) in [6.07, 6.45) is 7.85. The molecule has 12 heteroatoms. The Morgan fingerprint density at radius 3 is 2.76 bits per heavy atom. The minimum absolute atomic E-state index is 0.00242. The minimum atomic E-state index is -4.61. The highest BCUT2D eigenvalue weighted by molar-refractivity contribution is 6.00. The molecule has 3 heterocycles. The van der Waals surface area contributed by atoms with Gasteiger partial charge in [0.05, 0.1) is 17.7 Å². The number of allylic oxidation sites excluding steroid dienone is 3. The molecule has 2 aromatic rings. The Bertz CT molecular complexity index is 1600. The molecular formula is C33H37F3N6O3. The maximum Gasteiger partial charge on any atom is 0.416 e. The predicted molar refractivity (Wildman–Crippen MR) is 159 cm³/mol. The Morgan fingerprint density at radius 1 is 1.24 bits per heavy atom. The maximum absolute atomic E-state index is 14.3. The smallest absolute Gasteiger partial charge is 0.375 e. The maximum atomic E-state index is 14.3. The third-order valence-electron chi connectivity index (χ3n) is 9.48. The van der Waals surface area contributed by atoms with Gasteiger partial charge in [0, 0.05) is 43.4 Å². The monoisotopic (exact) mass is 622 g/mol. The van der Waals surface area contributed by atoms with Crippen molar-refractivity contribution < 1.29 is 27.5 Å². The average molecular weight is 623 g/mol. The number of amides is 2. The fourth-order valence-corrected chi connectivity index (χ4v) is 7.52. The number of nitrogens with zero attached hydrogens (tertiary/aromatic N) is 4. The van der Waals surface area contributed by atoms with Crippen molar-refractivity contribution >= 4 is 11.8 Å². The second-order valence-electron chi connectivity index (χ2n) is 12.5. The molecule has 9 nitrogen and oxygen atoms in total. The Labute approximate surface area is 260 Å². The van der Waals surface area contributed by atoms with Crippen molar-refractivity contribution in [2.45, 2.75) is 75.7 Å². The SMILES string of the molecule is CC#CC(=O)NCCCNCc1cc2c(c(C(F)(F)F)c1)CN(C1=CC(C3(c4nncn4C)CC4(CCCO4)C3)CC=C1)C2=O. The molecule has 1 unspecified atom stereocenters. The van der Waals surface area contributed by atoms with Gasteiger partial charge >= 0.3 is 6.18 Å². The lowest BCUT2D eigenvalue weighted by Crippen LogP contribution is -2.58. The number of aromatic nitrogens is 3. The highest BCUT2D eigenvalue weighted by Crippen LogP contribution is 2.60. The van der Waals surface area contributed by atoms with Gasteiger partial charge in [-0.3, -0.25) is 9.59 Å². The molecule has 1 saturated heterocycles. The van der Waals surface area contributed by atoms with Crippen LogP contribution in [0, 0.1) is 17.8 Å². The van der Waals surface area contributed by atoms with Crippen molar-refractivity contribution in [2.24, 2.45) is 13.0 Å². The molecule has 1 aromatic heterocycles. The molecule has 1 saturated carbocycles. The minimum Gasteiger partial charge on any atom is -0.375 e. The van der Waals surface area contributed by atoms with Crippen molar-refractivity contribution in [3.05, 3.63) is 70.5 Å². The molecule has 2 N–H and O–H groups in total. The molecule has 4 aliphatic rings. The van der Waals surface area contributed by atoms with E-state index in [4.69, 9.17) is 4.74 Å². The fourth-order valence-electron chi connectivity index (χ4n) is 7.52. The Morgan fingerprint density at radius 2 is 2.07 bits per heavy atom. The van der Waals surface area contributed by atoms with Crippen molar-refractivity contribution in [3.8, 4) is 11.8 Å². The summed E-state index contributed by atoms with van der Waals surface area (Å²) in [4.78, 5) is 26.7. The van der Waals surface area contributed by atoms with Crippen LogP contribution in [0.3, 0.4) is 0 Å². The van der Waals surface area contributed by atoms with E-state index < -0.39 is 17.6 Å². The Balaban J connectivity index is 1.21. The van der Waals surface area contributed by atoms with Crippen LogP contribution in [0.4, 0.5) is 13.2 Å². The highest BCUT2D eigenvalue weighted by atomic mass is 19.4. The van der Waals surface area contributed by atoms with Gasteiger partial charge in [-0.05, 0) is 93.2 Å². The zero-order valence-electron chi connectivity index (χ0n) is 25.5. The zero-order chi connectivity index (χ0) is 31.8. The van der Waals surface area contributed by atoms with E-state index in [1.807, 2.05) is 29.8 Å². The summed E-state index contributed by atoms with van der Waals surface area (Å²) in [6, 6.07) is 2.70. The number of rotatable bonds is 9. The van der Waals surface area contributed by atoms with Gasteiger partial charge in [-0.25, -0.2) is 0 Å². The molecule has 2 aliphatic carbocycles. The summed E-state index contributed by atoms with van der Waals surface area (Å²) in [5.74, 6) is 4.94. The lowest BCUT2D eigenvalue weighted by Gasteiger charge is -2.56. The lowest BCUT2D eigenvalue weighted by molar-refractivity contribution is -0.138. The number of halogens is 3. The van der Waals surface area contributed by atoms with Gasteiger partial charge < -0.3 is 24.8 Å². The molecule has 1 atom stereocenters. The molecule has 1 spiro atoms. The van der Waals surface area contributed by atoms with E-state index in [9.17, 15) is 22.8 Å². The molecule has 238 valence electrons. The van der Waals surface area contributed by atoms with E-state index in [1.165, 1.54) is 4.90 Å². The molecule has 1 aromatic carbocycles. The number of hydrogen-bond donors (Lipinski definition) is 2. The van der Waals surface area contributed by atoms with Crippen LogP contribution in [0.5, 0.6) is 0 Å². The zero-order valence-corrected chi connectivity index (χ0v) is 25.5. The van der Waals surface area contributed by atoms with Crippen molar-refractivity contribution in [1.29, 1.82) is 0 Å². The number of benzene rings is 1. The molecule has 0 bridgehead atoms. The molecule has 45 heavy (non-hydrogen) atoms. The second-order valence-corrected chi connectivity index (χ2v) is 12.5. The van der Waals surface area contributed by atoms with Crippen LogP contribution in [0.15, 0.2) is 42.4 Å². The number of carbonyl (C=O) groups is 2. The van der Waals surface area contributed by atoms with E-state index in [2.05, 4.69) is 32.7 Å². The van der Waals surface area contributed by atoms with Crippen LogP contribution in [-0.2, 0) is 41.3 Å². The third kappa shape index (κ3) is 5.91. The third-order valence-corrected chi connectivity index (χ3v) is 9.48. The summed E-state index contributed by atoms with van der Waals surface area (Å²) in [5.41, 5.74) is -0.255. The Hall–Kier alpha value is -3.95. The first-order valence-electron chi connectivity index (χ1n) is 15.4. The first-order chi connectivity index (χ1) is 21.6. The number of aryl methyl sites for hydroxylation is 1. The van der Waals surface area contributed by atoms with Crippen LogP contribution in [0.25, 0.3) is 0 Å². The van der Waals surface area contributed by atoms with Crippen LogP contribution >= 0.6 is 0 Å². The van der Waals surface area contributed by atoms with Gasteiger partial charge in [-0.2, -0.15) is 13.2 Å². The van der Waals surface area contributed by atoms with Crippen molar-refractivity contribution in [3.63, 3.8) is 0 Å². The number of carbonyl (C=O) groups excluding carboxylic acids is 2. The first-order valence-corrected chi connectivity index (χ1v) is 15.4. The van der Waals surface area contributed by atoms with Crippen LogP contribution in [0.2, 0.25) is 0 Å². The number of fused-ring (bicyclic) bond motifs is 1. The second kappa shape index (κ2) is 12.1. The molecule has 0 radical (unpaired) electrons. The van der Waals surface area contributed by atoms with Crippen LogP contribution in [0.1, 0.15) is 78.3 Å². The Kier molecular flexibility index (Phi) is 8.35. The van der Waals surface area contributed by atoms with Crippen molar-refractivity contribution in [1.82, 2.24) is 30.3 Å². The molecule has 2 fully saturated rings. The topological polar surface area (TPSA) is 101 Å². The molecule has 6 rings (SSSR count). The van der Waals surface area contributed by atoms with E-state index >= 15 is 0 Å². The number of hydrogen-bond acceptors (Lipinski definition) is 6. The van der Waals surface area contributed by atoms with Gasteiger partial charge in [0.15, 0.2) is 0 Å². The van der Waals surface area contributed by atoms with Crippen LogP contribution < -0.4 is 10.6 Å². The average Bonchev–Trinajstić information content (AvgIpc) is 3.72. The standard InChI is InChI=1S/C33H37F3N6O3/c1-3-7-28(43)38-12-6-11-37-17-22-14-25-26(27(15-22)33(34,35)36)18-42(29(25)44)24-9-4-8-23(16-24)32(30-40-39-21-41(30)2)19-31(20-32)10-5-13-45-31/h4,9,14-16,21,23,37H,5-6,8,10-13,17-20H2,1-2H3,(H,38,43). The van der Waals surface area contributed by atoms with Gasteiger partial charge in [0.2, 0.25) is 0 Å². The van der Waals surface area contributed by atoms with Gasteiger partial charge in [0.1, 0.15) is 12.2 Å². The van der Waals surface area contributed by atoms with Crippen LogP contribution in [-0.4, -0.2) is 56.8 Å². The van der Waals surface area contributed by atoms with E-state index in [0.29, 0.717) is 30.8 Å². The largest absolute Gasteiger partial charge is 0.416 e. The first kappa shape index (κ1) is 31.0. The predicted octanol–water partition coefficient (Wildman–Crippen LogP) is 4.15. The normalized spacial score (nSPS) is 25.5. The molecule has 2 aliphatic heterocycles. The fraction of sp³-hybridized carbons (Fsp3) is 0.515. The van der Waals surface area contributed by atoms with Crippen molar-refractivity contribution in [2.75, 3.05) is 19.7 Å². The summed E-state index contributed by atoms with van der Waals surface area (Å²) in [6.45, 7) is 3.18. The van der Waals surface area contributed by atoms with Gasteiger partial charge in [-0.15, -0.1) is 10.2 Å². The highest BCUT2D eigenvalue weighted by Gasteiger charge is 2.62. The number of ether oxygens (including phenoxy) is 1. The summed E-state index contributed by atoms with van der Waals surface area (Å²) in [5, 5.41) is 14.4. The van der Waals surface area contributed by atoms with E-state index in [0.717, 1.165) is 50.6 Å². The summed E-state index contributed by atoms with van der Waals surface area (Å²) in [7, 11) is 1.92. The van der Waals surface area contributed by atoms with E-state index in [-0.39, 0.29) is 47.1 Å². The molecule has 2 amide bonds. The lowest BCUT2D eigenvalue weighted by atomic mass is 9.51. The quantitative estimate of drug-likeness (QED) is 0.322. The summed E-state index contributed by atoms with van der Waals surface area (Å²) >= 11 is 0. The molecular weight excluding hydrogens is 585 g/mol. The number of alkyl halides is 3. The summed E-state index contributed by atoms with van der Waals surface area (Å²) < 4.78 is 51.0. The van der Waals surface area contributed by atoms with E-state index in [1.54, 1.807) is 19.3 Å². The number of nitrogens with one attached hydrogen (secondary N) is 2. The van der Waals surface area contributed by atoms with Gasteiger partial charge in [0.25, 0.3) is 11.8 Å². The van der Waals surface area contributed by atoms with Gasteiger partial charge in [-0.1, -0.05) is 18.1 Å².